The molecule has 8 nitrogen and oxygen atoms in total. The molecule has 0 spiro atoms. The van der Waals surface area contributed by atoms with Gasteiger partial charge < -0.3 is 14.5 Å². The number of carbonyl (C=O) groups is 1. The Labute approximate surface area is 204 Å². The fourth-order valence-corrected chi connectivity index (χ4v) is 5.67. The average Bonchev–Trinajstić information content (AvgIpc) is 3.37. The lowest BCUT2D eigenvalue weighted by Gasteiger charge is -2.25. The molecule has 186 valence electrons. The first kappa shape index (κ1) is 25.1. The van der Waals surface area contributed by atoms with Crippen molar-refractivity contribution in [2.45, 2.75) is 50.7 Å². The molecule has 0 saturated carbocycles. The molecular weight excluding hydrogens is 468 g/mol. The second kappa shape index (κ2) is 10.7. The van der Waals surface area contributed by atoms with Gasteiger partial charge in [0.15, 0.2) is 0 Å². The van der Waals surface area contributed by atoms with Gasteiger partial charge in [-0.25, -0.2) is 13.2 Å². The van der Waals surface area contributed by atoms with E-state index in [1.165, 1.54) is 28.6 Å². The zero-order valence-electron chi connectivity index (χ0n) is 20.0. The van der Waals surface area contributed by atoms with Crippen molar-refractivity contribution in [3.8, 4) is 0 Å². The summed E-state index contributed by atoms with van der Waals surface area (Å²) < 4.78 is 39.3. The van der Waals surface area contributed by atoms with Crippen molar-refractivity contribution >= 4 is 26.9 Å². The average molecular weight is 499 g/mol. The van der Waals surface area contributed by atoms with Crippen molar-refractivity contribution in [1.82, 2.24) is 9.29 Å². The summed E-state index contributed by atoms with van der Waals surface area (Å²) in [6.45, 7) is 4.61. The normalized spacial score (nSPS) is 16.1. The molecule has 1 saturated heterocycles. The molecular formula is C26H30N2O6S. The highest BCUT2D eigenvalue weighted by Gasteiger charge is 2.30. The molecule has 1 aromatic heterocycles. The molecule has 3 aromatic rings. The van der Waals surface area contributed by atoms with Gasteiger partial charge in [-0.15, -0.1) is 0 Å². The number of rotatable bonds is 9. The van der Waals surface area contributed by atoms with E-state index in [0.29, 0.717) is 17.7 Å². The van der Waals surface area contributed by atoms with Gasteiger partial charge in [-0.1, -0.05) is 13.0 Å². The van der Waals surface area contributed by atoms with Gasteiger partial charge in [0, 0.05) is 30.8 Å². The van der Waals surface area contributed by atoms with Crippen LogP contribution < -0.4 is 5.56 Å². The summed E-state index contributed by atoms with van der Waals surface area (Å²) in [7, 11) is -3.98. The standard InChI is InChI=1S/C26H30N2O6S/c1-3-18-7-12-24-20(14-18)15-21(25(29)27-24)16-28(17-22-6-5-13-34-22)35(31,32)23-10-8-19(9-11-23)26(30)33-4-2/h7-12,14-15,22H,3-6,13,16-17H2,1-2H3,(H,27,29)/t22-/m1/s1. The van der Waals surface area contributed by atoms with Gasteiger partial charge >= 0.3 is 5.97 Å². The molecule has 2 aromatic carbocycles. The number of pyridine rings is 1. The van der Waals surface area contributed by atoms with Crippen molar-refractivity contribution in [2.75, 3.05) is 19.8 Å². The zero-order valence-corrected chi connectivity index (χ0v) is 20.8. The first-order chi connectivity index (χ1) is 16.8. The third-order valence-electron chi connectivity index (χ3n) is 6.17. The summed E-state index contributed by atoms with van der Waals surface area (Å²) in [6.07, 6.45) is 2.23. The molecule has 0 radical (unpaired) electrons. The van der Waals surface area contributed by atoms with Gasteiger partial charge in [0.25, 0.3) is 5.56 Å². The molecule has 9 heteroatoms. The molecule has 2 heterocycles. The maximum atomic E-state index is 13.6. The number of aromatic nitrogens is 1. The fraction of sp³-hybridized carbons (Fsp3) is 0.385. The van der Waals surface area contributed by atoms with E-state index in [1.54, 1.807) is 13.0 Å². The number of esters is 1. The number of aromatic amines is 1. The fourth-order valence-electron chi connectivity index (χ4n) is 4.22. The van der Waals surface area contributed by atoms with E-state index >= 15 is 0 Å². The number of H-pyrrole nitrogens is 1. The van der Waals surface area contributed by atoms with Gasteiger partial charge in [-0.05, 0) is 79.6 Å². The maximum absolute atomic E-state index is 13.6. The van der Waals surface area contributed by atoms with Crippen molar-refractivity contribution in [2.24, 2.45) is 0 Å². The Hall–Kier alpha value is -3.01. The summed E-state index contributed by atoms with van der Waals surface area (Å²) >= 11 is 0. The Morgan fingerprint density at radius 1 is 1.14 bits per heavy atom. The quantitative estimate of drug-likeness (QED) is 0.452. The molecule has 1 atom stereocenters. The summed E-state index contributed by atoms with van der Waals surface area (Å²) in [5, 5.41) is 0.854. The monoisotopic (exact) mass is 498 g/mol. The summed E-state index contributed by atoms with van der Waals surface area (Å²) in [4.78, 5) is 27.7. The largest absolute Gasteiger partial charge is 0.462 e. The van der Waals surface area contributed by atoms with Crippen LogP contribution in [0.25, 0.3) is 10.9 Å². The number of benzene rings is 2. The van der Waals surface area contributed by atoms with E-state index in [1.807, 2.05) is 18.2 Å². The van der Waals surface area contributed by atoms with Crippen LogP contribution in [-0.4, -0.2) is 49.5 Å². The van der Waals surface area contributed by atoms with Crippen LogP contribution in [0, 0.1) is 0 Å². The van der Waals surface area contributed by atoms with Crippen molar-refractivity contribution < 1.29 is 22.7 Å². The number of nitrogens with zero attached hydrogens (tertiary/aromatic N) is 1. The minimum Gasteiger partial charge on any atom is -0.462 e. The number of aryl methyl sites for hydroxylation is 1. The van der Waals surface area contributed by atoms with Crippen molar-refractivity contribution in [3.05, 3.63) is 75.6 Å². The predicted molar refractivity (Wildman–Crippen MR) is 133 cm³/mol. The molecule has 4 rings (SSSR count). The zero-order chi connectivity index (χ0) is 25.0. The number of sulfonamides is 1. The third-order valence-corrected chi connectivity index (χ3v) is 8.00. The summed E-state index contributed by atoms with van der Waals surface area (Å²) in [5.74, 6) is -0.512. The molecule has 0 amide bonds. The van der Waals surface area contributed by atoms with Crippen molar-refractivity contribution in [1.29, 1.82) is 0 Å². The van der Waals surface area contributed by atoms with Gasteiger partial charge in [0.1, 0.15) is 0 Å². The Balaban J connectivity index is 1.68. The molecule has 1 N–H and O–H groups in total. The number of ether oxygens (including phenoxy) is 2. The van der Waals surface area contributed by atoms with E-state index in [4.69, 9.17) is 9.47 Å². The SMILES string of the molecule is CCOC(=O)c1ccc(S(=O)(=O)N(Cc2cc3cc(CC)ccc3[nH]c2=O)C[C@H]2CCCO2)cc1. The van der Waals surface area contributed by atoms with Crippen LogP contribution in [0.4, 0.5) is 0 Å². The molecule has 35 heavy (non-hydrogen) atoms. The number of fused-ring (bicyclic) bond motifs is 1. The van der Waals surface area contributed by atoms with Crippen LogP contribution in [0.3, 0.4) is 0 Å². The van der Waals surface area contributed by atoms with Crippen molar-refractivity contribution in [3.63, 3.8) is 0 Å². The van der Waals surface area contributed by atoms with Gasteiger partial charge in [0.2, 0.25) is 10.0 Å². The summed E-state index contributed by atoms with van der Waals surface area (Å²) in [6, 6.07) is 13.2. The first-order valence-electron chi connectivity index (χ1n) is 11.9. The smallest absolute Gasteiger partial charge is 0.338 e. The lowest BCUT2D eigenvalue weighted by molar-refractivity contribution is 0.0526. The predicted octanol–water partition coefficient (Wildman–Crippen LogP) is 3.64. The van der Waals surface area contributed by atoms with Gasteiger partial charge in [0.05, 0.1) is 23.2 Å². The number of hydrogen-bond donors (Lipinski definition) is 1. The van der Waals surface area contributed by atoms with Gasteiger partial charge in [-0.2, -0.15) is 4.31 Å². The minimum absolute atomic E-state index is 0.0361. The Bertz CT molecular complexity index is 1360. The number of nitrogens with one attached hydrogen (secondary N) is 1. The highest BCUT2D eigenvalue weighted by molar-refractivity contribution is 7.89. The highest BCUT2D eigenvalue weighted by Crippen LogP contribution is 2.23. The highest BCUT2D eigenvalue weighted by atomic mass is 32.2. The Morgan fingerprint density at radius 3 is 2.57 bits per heavy atom. The summed E-state index contributed by atoms with van der Waals surface area (Å²) in [5.41, 5.74) is 2.14. The topological polar surface area (TPSA) is 106 Å². The lowest BCUT2D eigenvalue weighted by Crippen LogP contribution is -2.38. The van der Waals surface area contributed by atoms with Crippen LogP contribution >= 0.6 is 0 Å². The van der Waals surface area contributed by atoms with E-state index < -0.39 is 16.0 Å². The van der Waals surface area contributed by atoms with Crippen LogP contribution in [0.5, 0.6) is 0 Å². The number of carbonyl (C=O) groups excluding carboxylic acids is 1. The molecule has 1 aliphatic rings. The van der Waals surface area contributed by atoms with E-state index in [2.05, 4.69) is 11.9 Å². The minimum atomic E-state index is -3.98. The second-order valence-electron chi connectivity index (χ2n) is 8.58. The van der Waals surface area contributed by atoms with Gasteiger partial charge in [-0.3, -0.25) is 4.79 Å². The Kier molecular flexibility index (Phi) is 7.69. The van der Waals surface area contributed by atoms with Crippen LogP contribution in [0.2, 0.25) is 0 Å². The van der Waals surface area contributed by atoms with Crippen LogP contribution in [0.15, 0.2) is 58.2 Å². The first-order valence-corrected chi connectivity index (χ1v) is 13.3. The van der Waals surface area contributed by atoms with Crippen LogP contribution in [-0.2, 0) is 32.5 Å². The molecule has 0 bridgehead atoms. The third kappa shape index (κ3) is 5.63. The maximum Gasteiger partial charge on any atom is 0.338 e. The lowest BCUT2D eigenvalue weighted by atomic mass is 10.1. The number of hydrogen-bond acceptors (Lipinski definition) is 6. The van der Waals surface area contributed by atoms with E-state index in [9.17, 15) is 18.0 Å². The van der Waals surface area contributed by atoms with E-state index in [0.717, 1.165) is 30.2 Å². The van der Waals surface area contributed by atoms with Crippen LogP contribution in [0.1, 0.15) is 48.2 Å². The second-order valence-corrected chi connectivity index (χ2v) is 10.5. The molecule has 1 aliphatic heterocycles. The molecule has 1 fully saturated rings. The molecule has 0 unspecified atom stereocenters. The Morgan fingerprint density at radius 2 is 1.91 bits per heavy atom. The molecule has 0 aliphatic carbocycles. The van der Waals surface area contributed by atoms with E-state index in [-0.39, 0.29) is 41.8 Å².